The SMILES string of the molecule is C[C@@H](NC(=O)NCCn1c(=O)oc2ccccc21)c1cnn(C)c1. The van der Waals surface area contributed by atoms with Crippen LogP contribution in [-0.2, 0) is 13.6 Å². The number of carbonyl (C=O) groups is 1. The van der Waals surface area contributed by atoms with Crippen molar-refractivity contribution in [3.8, 4) is 0 Å². The molecule has 2 aromatic heterocycles. The summed E-state index contributed by atoms with van der Waals surface area (Å²) in [6.45, 7) is 2.53. The van der Waals surface area contributed by atoms with Crippen molar-refractivity contribution < 1.29 is 9.21 Å². The number of aromatic nitrogens is 3. The summed E-state index contributed by atoms with van der Waals surface area (Å²) >= 11 is 0. The fraction of sp³-hybridized carbons (Fsp3) is 0.312. The van der Waals surface area contributed by atoms with Crippen LogP contribution < -0.4 is 16.4 Å². The molecular formula is C16H19N5O3. The van der Waals surface area contributed by atoms with Gasteiger partial charge in [0.2, 0.25) is 0 Å². The molecule has 8 heteroatoms. The van der Waals surface area contributed by atoms with Crippen LogP contribution in [0.5, 0.6) is 0 Å². The maximum Gasteiger partial charge on any atom is 0.420 e. The number of nitrogens with one attached hydrogen (secondary N) is 2. The van der Waals surface area contributed by atoms with E-state index in [0.29, 0.717) is 24.2 Å². The average Bonchev–Trinajstić information content (AvgIpc) is 3.11. The van der Waals surface area contributed by atoms with Gasteiger partial charge in [0.05, 0.1) is 17.8 Å². The first-order chi connectivity index (χ1) is 11.5. The minimum atomic E-state index is -0.429. The molecule has 0 aliphatic carbocycles. The van der Waals surface area contributed by atoms with Crippen LogP contribution in [-0.4, -0.2) is 26.9 Å². The van der Waals surface area contributed by atoms with E-state index < -0.39 is 5.76 Å². The molecule has 126 valence electrons. The highest BCUT2D eigenvalue weighted by atomic mass is 16.4. The number of para-hydroxylation sites is 2. The van der Waals surface area contributed by atoms with Gasteiger partial charge in [0, 0.05) is 31.9 Å². The van der Waals surface area contributed by atoms with E-state index in [1.54, 1.807) is 23.0 Å². The van der Waals surface area contributed by atoms with Gasteiger partial charge in [0.1, 0.15) is 0 Å². The molecule has 2 N–H and O–H groups in total. The van der Waals surface area contributed by atoms with Gasteiger partial charge in [0.25, 0.3) is 0 Å². The summed E-state index contributed by atoms with van der Waals surface area (Å²) in [6, 6.07) is 6.74. The van der Waals surface area contributed by atoms with Crippen LogP contribution in [0.4, 0.5) is 4.79 Å². The molecule has 24 heavy (non-hydrogen) atoms. The van der Waals surface area contributed by atoms with Crippen molar-refractivity contribution in [3.63, 3.8) is 0 Å². The van der Waals surface area contributed by atoms with Gasteiger partial charge in [-0.25, -0.2) is 9.59 Å². The molecule has 0 spiro atoms. The van der Waals surface area contributed by atoms with Crippen molar-refractivity contribution >= 4 is 17.1 Å². The Kier molecular flexibility index (Phi) is 4.37. The zero-order valence-corrected chi connectivity index (χ0v) is 13.5. The monoisotopic (exact) mass is 329 g/mol. The van der Waals surface area contributed by atoms with Gasteiger partial charge in [-0.05, 0) is 19.1 Å². The van der Waals surface area contributed by atoms with Crippen molar-refractivity contribution in [3.05, 3.63) is 52.8 Å². The predicted octanol–water partition coefficient (Wildman–Crippen LogP) is 1.39. The number of rotatable bonds is 5. The Balaban J connectivity index is 1.55. The lowest BCUT2D eigenvalue weighted by atomic mass is 10.2. The Morgan fingerprint density at radius 2 is 2.17 bits per heavy atom. The molecule has 2 amide bonds. The van der Waals surface area contributed by atoms with Crippen LogP contribution in [0, 0.1) is 0 Å². The highest BCUT2D eigenvalue weighted by Crippen LogP contribution is 2.11. The lowest BCUT2D eigenvalue weighted by Gasteiger charge is -2.13. The van der Waals surface area contributed by atoms with Gasteiger partial charge < -0.3 is 15.1 Å². The fourth-order valence-electron chi connectivity index (χ4n) is 2.50. The second-order valence-electron chi connectivity index (χ2n) is 5.56. The first kappa shape index (κ1) is 15.9. The fourth-order valence-corrected chi connectivity index (χ4v) is 2.50. The number of nitrogens with zero attached hydrogens (tertiary/aromatic N) is 3. The van der Waals surface area contributed by atoms with E-state index in [2.05, 4.69) is 15.7 Å². The van der Waals surface area contributed by atoms with Crippen molar-refractivity contribution in [2.45, 2.75) is 19.5 Å². The lowest BCUT2D eigenvalue weighted by Crippen LogP contribution is -2.39. The Labute approximate surface area is 138 Å². The number of hydrogen-bond acceptors (Lipinski definition) is 4. The van der Waals surface area contributed by atoms with Gasteiger partial charge in [-0.15, -0.1) is 0 Å². The number of hydrogen-bond donors (Lipinski definition) is 2. The number of amides is 2. The Bertz CT molecular complexity index is 908. The van der Waals surface area contributed by atoms with Crippen LogP contribution in [0.1, 0.15) is 18.5 Å². The maximum absolute atomic E-state index is 12.0. The number of urea groups is 1. The molecule has 0 aliphatic rings. The molecular weight excluding hydrogens is 310 g/mol. The topological polar surface area (TPSA) is 94.1 Å². The standard InChI is InChI=1S/C16H19N5O3/c1-11(12-9-18-20(2)10-12)19-15(22)17-7-8-21-13-5-3-4-6-14(13)24-16(21)23/h3-6,9-11H,7-8H2,1-2H3,(H2,17,19,22)/t11-/m1/s1. The predicted molar refractivity (Wildman–Crippen MR) is 88.6 cm³/mol. The molecule has 0 aliphatic heterocycles. The van der Waals surface area contributed by atoms with Crippen molar-refractivity contribution in [1.82, 2.24) is 25.0 Å². The number of aryl methyl sites for hydroxylation is 1. The van der Waals surface area contributed by atoms with E-state index in [1.807, 2.05) is 32.3 Å². The van der Waals surface area contributed by atoms with Crippen LogP contribution in [0.15, 0.2) is 45.9 Å². The lowest BCUT2D eigenvalue weighted by molar-refractivity contribution is 0.237. The molecule has 1 aromatic carbocycles. The summed E-state index contributed by atoms with van der Waals surface area (Å²) in [7, 11) is 1.82. The van der Waals surface area contributed by atoms with Gasteiger partial charge in [-0.3, -0.25) is 9.25 Å². The van der Waals surface area contributed by atoms with Gasteiger partial charge >= 0.3 is 11.8 Å². The molecule has 8 nitrogen and oxygen atoms in total. The molecule has 0 saturated heterocycles. The normalized spacial score (nSPS) is 12.2. The molecule has 0 fully saturated rings. The molecule has 2 heterocycles. The molecule has 0 radical (unpaired) electrons. The van der Waals surface area contributed by atoms with Gasteiger partial charge in [-0.2, -0.15) is 5.10 Å². The van der Waals surface area contributed by atoms with E-state index in [0.717, 1.165) is 5.56 Å². The summed E-state index contributed by atoms with van der Waals surface area (Å²) in [5.74, 6) is -0.429. The number of oxazole rings is 1. The number of fused-ring (bicyclic) bond motifs is 1. The number of carbonyl (C=O) groups excluding carboxylic acids is 1. The first-order valence-corrected chi connectivity index (χ1v) is 7.66. The van der Waals surface area contributed by atoms with Crippen LogP contribution in [0.3, 0.4) is 0 Å². The average molecular weight is 329 g/mol. The Morgan fingerprint density at radius 3 is 2.92 bits per heavy atom. The van der Waals surface area contributed by atoms with Crippen molar-refractivity contribution in [1.29, 1.82) is 0 Å². The molecule has 0 unspecified atom stereocenters. The van der Waals surface area contributed by atoms with Gasteiger partial charge in [0.15, 0.2) is 5.58 Å². The third kappa shape index (κ3) is 3.32. The summed E-state index contributed by atoms with van der Waals surface area (Å²) < 4.78 is 8.33. The molecule has 1 atom stereocenters. The second kappa shape index (κ2) is 6.61. The largest absolute Gasteiger partial charge is 0.420 e. The van der Waals surface area contributed by atoms with E-state index >= 15 is 0 Å². The maximum atomic E-state index is 12.0. The van der Waals surface area contributed by atoms with E-state index in [4.69, 9.17) is 4.42 Å². The van der Waals surface area contributed by atoms with Crippen LogP contribution >= 0.6 is 0 Å². The smallest absolute Gasteiger partial charge is 0.408 e. The van der Waals surface area contributed by atoms with Gasteiger partial charge in [-0.1, -0.05) is 12.1 Å². The molecule has 0 saturated carbocycles. The third-order valence-electron chi connectivity index (χ3n) is 3.77. The number of benzene rings is 1. The summed E-state index contributed by atoms with van der Waals surface area (Å²) in [5.41, 5.74) is 2.18. The zero-order valence-electron chi connectivity index (χ0n) is 13.5. The highest BCUT2D eigenvalue weighted by Gasteiger charge is 2.12. The second-order valence-corrected chi connectivity index (χ2v) is 5.56. The van der Waals surface area contributed by atoms with E-state index in [-0.39, 0.29) is 12.1 Å². The highest BCUT2D eigenvalue weighted by molar-refractivity contribution is 5.74. The van der Waals surface area contributed by atoms with Crippen LogP contribution in [0.2, 0.25) is 0 Å². The molecule has 3 aromatic rings. The third-order valence-corrected chi connectivity index (χ3v) is 3.77. The quantitative estimate of drug-likeness (QED) is 0.739. The van der Waals surface area contributed by atoms with Crippen molar-refractivity contribution in [2.24, 2.45) is 7.05 Å². The molecule has 0 bridgehead atoms. The first-order valence-electron chi connectivity index (χ1n) is 7.66. The van der Waals surface area contributed by atoms with E-state index in [1.165, 1.54) is 4.57 Å². The van der Waals surface area contributed by atoms with Crippen LogP contribution in [0.25, 0.3) is 11.1 Å². The van der Waals surface area contributed by atoms with E-state index in [9.17, 15) is 9.59 Å². The zero-order chi connectivity index (χ0) is 17.1. The summed E-state index contributed by atoms with van der Waals surface area (Å²) in [5, 5.41) is 9.64. The van der Waals surface area contributed by atoms with Crippen molar-refractivity contribution in [2.75, 3.05) is 6.54 Å². The Hall–Kier alpha value is -3.03. The minimum Gasteiger partial charge on any atom is -0.408 e. The molecule has 3 rings (SSSR count). The summed E-state index contributed by atoms with van der Waals surface area (Å²) in [4.78, 5) is 23.8. The minimum absolute atomic E-state index is 0.156. The Morgan fingerprint density at radius 1 is 1.38 bits per heavy atom. The summed E-state index contributed by atoms with van der Waals surface area (Å²) in [6.07, 6.45) is 3.56.